The van der Waals surface area contributed by atoms with Crippen LogP contribution in [0.2, 0.25) is 0 Å². The molecule has 0 radical (unpaired) electrons. The number of ketones is 1. The molecule has 0 aromatic heterocycles. The van der Waals surface area contributed by atoms with Crippen LogP contribution in [0.3, 0.4) is 0 Å². The van der Waals surface area contributed by atoms with Crippen molar-refractivity contribution >= 4 is 29.1 Å². The number of nitrogens with zero attached hydrogens (tertiary/aromatic N) is 1. The molecule has 0 saturated carbocycles. The number of benzene rings is 3. The number of ether oxygens (including phenoxy) is 2. The predicted octanol–water partition coefficient (Wildman–Crippen LogP) is 5.28. The van der Waals surface area contributed by atoms with Gasteiger partial charge in [0.2, 0.25) is 0 Å². The van der Waals surface area contributed by atoms with Gasteiger partial charge in [0.25, 0.3) is 11.7 Å². The van der Waals surface area contributed by atoms with Gasteiger partial charge in [-0.2, -0.15) is 0 Å². The minimum atomic E-state index is -0.855. The third kappa shape index (κ3) is 4.86. The SMILES string of the molecule is CCOc1ccc(/C(O)=C2\C(=O)C(=O)N(c3ccc(C(=O)OC(C)C)cc3)C2c2ccccc2)cc1. The molecular formula is C29H27NO6. The van der Waals surface area contributed by atoms with E-state index in [1.165, 1.54) is 4.90 Å². The lowest BCUT2D eigenvalue weighted by atomic mass is 9.95. The van der Waals surface area contributed by atoms with E-state index in [2.05, 4.69) is 0 Å². The maximum atomic E-state index is 13.3. The predicted molar refractivity (Wildman–Crippen MR) is 136 cm³/mol. The summed E-state index contributed by atoms with van der Waals surface area (Å²) in [5, 5.41) is 11.2. The fourth-order valence-corrected chi connectivity index (χ4v) is 4.12. The van der Waals surface area contributed by atoms with E-state index in [9.17, 15) is 19.5 Å². The number of hydrogen-bond donors (Lipinski definition) is 1. The van der Waals surface area contributed by atoms with Crippen molar-refractivity contribution in [3.63, 3.8) is 0 Å². The summed E-state index contributed by atoms with van der Waals surface area (Å²) in [6.07, 6.45) is -0.268. The summed E-state index contributed by atoms with van der Waals surface area (Å²) in [4.78, 5) is 40.1. The number of carbonyl (C=O) groups excluding carboxylic acids is 3. The molecule has 3 aromatic rings. The molecule has 0 bridgehead atoms. The van der Waals surface area contributed by atoms with Crippen LogP contribution in [-0.2, 0) is 14.3 Å². The number of rotatable bonds is 7. The molecule has 1 saturated heterocycles. The quantitative estimate of drug-likeness (QED) is 0.212. The Morgan fingerprint density at radius 1 is 0.917 bits per heavy atom. The average molecular weight is 486 g/mol. The molecule has 4 rings (SSSR count). The van der Waals surface area contributed by atoms with Gasteiger partial charge >= 0.3 is 5.97 Å². The molecule has 3 aromatic carbocycles. The summed E-state index contributed by atoms with van der Waals surface area (Å²) in [6, 6.07) is 21.1. The summed E-state index contributed by atoms with van der Waals surface area (Å²) in [5.74, 6) is -1.68. The van der Waals surface area contributed by atoms with Crippen molar-refractivity contribution in [2.24, 2.45) is 0 Å². The zero-order valence-electron chi connectivity index (χ0n) is 20.3. The molecule has 1 heterocycles. The number of aliphatic hydroxyl groups is 1. The Morgan fingerprint density at radius 2 is 1.53 bits per heavy atom. The highest BCUT2D eigenvalue weighted by molar-refractivity contribution is 6.51. The molecule has 1 fully saturated rings. The van der Waals surface area contributed by atoms with Crippen molar-refractivity contribution in [1.82, 2.24) is 0 Å². The fourth-order valence-electron chi connectivity index (χ4n) is 4.12. The van der Waals surface area contributed by atoms with E-state index in [1.54, 1.807) is 86.6 Å². The highest BCUT2D eigenvalue weighted by Gasteiger charge is 2.46. The van der Waals surface area contributed by atoms with Crippen molar-refractivity contribution in [3.8, 4) is 5.75 Å². The van der Waals surface area contributed by atoms with Crippen molar-refractivity contribution < 1.29 is 29.0 Å². The summed E-state index contributed by atoms with van der Waals surface area (Å²) >= 11 is 0. The van der Waals surface area contributed by atoms with Gasteiger partial charge < -0.3 is 14.6 Å². The summed E-state index contributed by atoms with van der Waals surface area (Å²) in [7, 11) is 0. The Balaban J connectivity index is 1.79. The number of hydrogen-bond acceptors (Lipinski definition) is 6. The van der Waals surface area contributed by atoms with E-state index in [-0.39, 0.29) is 17.4 Å². The highest BCUT2D eigenvalue weighted by atomic mass is 16.5. The minimum Gasteiger partial charge on any atom is -0.507 e. The minimum absolute atomic E-state index is 0.0151. The topological polar surface area (TPSA) is 93.1 Å². The third-order valence-corrected chi connectivity index (χ3v) is 5.72. The molecule has 7 nitrogen and oxygen atoms in total. The number of carbonyl (C=O) groups is 3. The number of esters is 1. The zero-order chi connectivity index (χ0) is 25.8. The monoisotopic (exact) mass is 485 g/mol. The third-order valence-electron chi connectivity index (χ3n) is 5.72. The van der Waals surface area contributed by atoms with E-state index < -0.39 is 23.7 Å². The highest BCUT2D eigenvalue weighted by Crippen LogP contribution is 2.42. The Morgan fingerprint density at radius 3 is 2.11 bits per heavy atom. The summed E-state index contributed by atoms with van der Waals surface area (Å²) < 4.78 is 10.7. The van der Waals surface area contributed by atoms with Crippen LogP contribution in [0.1, 0.15) is 48.3 Å². The van der Waals surface area contributed by atoms with Crippen LogP contribution < -0.4 is 9.64 Å². The molecule has 1 aliphatic rings. The smallest absolute Gasteiger partial charge is 0.338 e. The van der Waals surface area contributed by atoms with E-state index >= 15 is 0 Å². The standard InChI is InChI=1S/C29H27NO6/c1-4-35-23-16-12-20(13-17-23)26(31)24-25(19-8-6-5-7-9-19)30(28(33)27(24)32)22-14-10-21(11-15-22)29(34)36-18(2)3/h5-18,25,31H,4H2,1-3H3/b26-24+. The van der Waals surface area contributed by atoms with Crippen LogP contribution in [-0.4, -0.2) is 35.5 Å². The van der Waals surface area contributed by atoms with Gasteiger partial charge in [0.15, 0.2) is 0 Å². The second-order valence-electron chi connectivity index (χ2n) is 8.54. The van der Waals surface area contributed by atoms with Gasteiger partial charge in [-0.15, -0.1) is 0 Å². The van der Waals surface area contributed by atoms with Crippen LogP contribution in [0.25, 0.3) is 5.76 Å². The van der Waals surface area contributed by atoms with Gasteiger partial charge in [-0.05, 0) is 74.9 Å². The lowest BCUT2D eigenvalue weighted by Gasteiger charge is -2.25. The van der Waals surface area contributed by atoms with Crippen LogP contribution in [0.5, 0.6) is 5.75 Å². The van der Waals surface area contributed by atoms with Crippen LogP contribution in [0.4, 0.5) is 5.69 Å². The first-order valence-corrected chi connectivity index (χ1v) is 11.7. The van der Waals surface area contributed by atoms with Gasteiger partial charge in [0.05, 0.1) is 29.9 Å². The van der Waals surface area contributed by atoms with E-state index in [1.807, 2.05) is 13.0 Å². The summed E-state index contributed by atoms with van der Waals surface area (Å²) in [5.41, 5.74) is 1.78. The van der Waals surface area contributed by atoms with E-state index in [0.29, 0.717) is 34.7 Å². The Labute approximate surface area is 209 Å². The maximum Gasteiger partial charge on any atom is 0.338 e. The molecule has 36 heavy (non-hydrogen) atoms. The molecular weight excluding hydrogens is 458 g/mol. The molecule has 1 atom stereocenters. The number of anilines is 1. The second-order valence-corrected chi connectivity index (χ2v) is 8.54. The largest absolute Gasteiger partial charge is 0.507 e. The Bertz CT molecular complexity index is 1290. The van der Waals surface area contributed by atoms with Crippen molar-refractivity contribution in [3.05, 3.63) is 101 Å². The Hall–Kier alpha value is -4.39. The summed E-state index contributed by atoms with van der Waals surface area (Å²) in [6.45, 7) is 5.89. The van der Waals surface area contributed by atoms with Crippen LogP contribution in [0, 0.1) is 0 Å². The van der Waals surface area contributed by atoms with Gasteiger partial charge in [0.1, 0.15) is 11.5 Å². The second kappa shape index (κ2) is 10.5. The first-order chi connectivity index (χ1) is 17.3. The number of amides is 1. The molecule has 7 heteroatoms. The van der Waals surface area contributed by atoms with Crippen LogP contribution in [0.15, 0.2) is 84.4 Å². The van der Waals surface area contributed by atoms with Crippen molar-refractivity contribution in [1.29, 1.82) is 0 Å². The van der Waals surface area contributed by atoms with Gasteiger partial charge in [-0.25, -0.2) is 4.79 Å². The first-order valence-electron chi connectivity index (χ1n) is 11.7. The first kappa shape index (κ1) is 24.7. The normalized spacial score (nSPS) is 16.9. The molecule has 1 aliphatic heterocycles. The molecule has 1 unspecified atom stereocenters. The number of Topliss-reactive ketones (excluding diaryl/α,β-unsaturated/α-hetero) is 1. The van der Waals surface area contributed by atoms with Gasteiger partial charge in [-0.1, -0.05) is 30.3 Å². The number of aliphatic hydroxyl groups excluding tert-OH is 1. The average Bonchev–Trinajstić information content (AvgIpc) is 3.15. The fraction of sp³-hybridized carbons (Fsp3) is 0.207. The molecule has 184 valence electrons. The molecule has 1 N–H and O–H groups in total. The van der Waals surface area contributed by atoms with E-state index in [0.717, 1.165) is 0 Å². The van der Waals surface area contributed by atoms with Crippen molar-refractivity contribution in [2.75, 3.05) is 11.5 Å². The lowest BCUT2D eigenvalue weighted by molar-refractivity contribution is -0.132. The molecule has 1 amide bonds. The molecule has 0 spiro atoms. The van der Waals surface area contributed by atoms with Crippen LogP contribution >= 0.6 is 0 Å². The van der Waals surface area contributed by atoms with Gasteiger partial charge in [0, 0.05) is 11.3 Å². The van der Waals surface area contributed by atoms with E-state index in [4.69, 9.17) is 9.47 Å². The van der Waals surface area contributed by atoms with Gasteiger partial charge in [-0.3, -0.25) is 14.5 Å². The van der Waals surface area contributed by atoms with Crippen molar-refractivity contribution in [2.45, 2.75) is 32.9 Å². The molecule has 0 aliphatic carbocycles. The zero-order valence-corrected chi connectivity index (χ0v) is 20.3. The lowest BCUT2D eigenvalue weighted by Crippen LogP contribution is -2.29. The maximum absolute atomic E-state index is 13.3. The Kier molecular flexibility index (Phi) is 7.20.